The average Bonchev–Trinajstić information content (AvgIpc) is 3.71. The summed E-state index contributed by atoms with van der Waals surface area (Å²) < 4.78 is 6.16. The highest BCUT2D eigenvalue weighted by molar-refractivity contribution is 5.88. The summed E-state index contributed by atoms with van der Waals surface area (Å²) in [6, 6.07) is 60.7. The third kappa shape index (κ3) is 6.30. The highest BCUT2D eigenvalue weighted by atomic mass is 16.3. The minimum Gasteiger partial charge on any atom is -0.436 e. The first-order valence-corrected chi connectivity index (χ1v) is 18.0. The zero-order valence-electron chi connectivity index (χ0n) is 29.4. The molecule has 10 rings (SSSR count). The second-order valence-electron chi connectivity index (χ2n) is 13.2. The number of hydrogen-bond acceptors (Lipinski definition) is 7. The van der Waals surface area contributed by atoms with E-state index in [9.17, 15) is 0 Å². The molecule has 0 atom stereocenters. The van der Waals surface area contributed by atoms with Crippen molar-refractivity contribution in [2.75, 3.05) is 0 Å². The fraction of sp³-hybridized carbons (Fsp3) is 0. The van der Waals surface area contributed by atoms with Gasteiger partial charge in [0.25, 0.3) is 0 Å². The maximum atomic E-state index is 6.16. The Labute approximate surface area is 316 Å². The van der Waals surface area contributed by atoms with E-state index in [1.807, 2.05) is 140 Å². The van der Waals surface area contributed by atoms with Gasteiger partial charge in [0.1, 0.15) is 5.52 Å². The van der Waals surface area contributed by atoms with Gasteiger partial charge in [-0.3, -0.25) is 0 Å². The molecule has 3 aromatic heterocycles. The summed E-state index contributed by atoms with van der Waals surface area (Å²) in [7, 11) is 0. The summed E-state index contributed by atoms with van der Waals surface area (Å²) >= 11 is 0. The van der Waals surface area contributed by atoms with Crippen molar-refractivity contribution in [1.82, 2.24) is 29.9 Å². The lowest BCUT2D eigenvalue weighted by Gasteiger charge is -2.12. The average molecular weight is 707 g/mol. The van der Waals surface area contributed by atoms with Crippen molar-refractivity contribution in [3.8, 4) is 79.3 Å². The van der Waals surface area contributed by atoms with Crippen molar-refractivity contribution in [2.45, 2.75) is 0 Å². The highest BCUT2D eigenvalue weighted by Crippen LogP contribution is 2.35. The minimum atomic E-state index is 0.597. The van der Waals surface area contributed by atoms with E-state index in [1.54, 1.807) is 0 Å². The van der Waals surface area contributed by atoms with Crippen LogP contribution in [0, 0.1) is 0 Å². The Kier molecular flexibility index (Phi) is 8.00. The summed E-state index contributed by atoms with van der Waals surface area (Å²) in [5.41, 5.74) is 12.5. The van der Waals surface area contributed by atoms with Gasteiger partial charge in [-0.1, -0.05) is 146 Å². The number of fused-ring (bicyclic) bond motifs is 2. The van der Waals surface area contributed by atoms with Crippen molar-refractivity contribution >= 4 is 22.1 Å². The molecule has 0 fully saturated rings. The lowest BCUT2D eigenvalue weighted by atomic mass is 9.99. The molecule has 0 aliphatic heterocycles. The van der Waals surface area contributed by atoms with Crippen LogP contribution in [0.1, 0.15) is 0 Å². The van der Waals surface area contributed by atoms with Crippen molar-refractivity contribution in [1.29, 1.82) is 0 Å². The summed E-state index contributed by atoms with van der Waals surface area (Å²) in [5, 5.41) is 0. The zero-order chi connectivity index (χ0) is 36.6. The Balaban J connectivity index is 1.01. The van der Waals surface area contributed by atoms with E-state index in [1.165, 1.54) is 0 Å². The van der Waals surface area contributed by atoms with Gasteiger partial charge in [-0.15, -0.1) is 0 Å². The molecule has 0 saturated carbocycles. The predicted octanol–water partition coefficient (Wildman–Crippen LogP) is 11.6. The molecule has 0 bridgehead atoms. The lowest BCUT2D eigenvalue weighted by Crippen LogP contribution is -2.00. The van der Waals surface area contributed by atoms with Crippen LogP contribution in [0.5, 0.6) is 0 Å². The van der Waals surface area contributed by atoms with E-state index < -0.39 is 0 Å². The van der Waals surface area contributed by atoms with Crippen LogP contribution < -0.4 is 0 Å². The van der Waals surface area contributed by atoms with E-state index in [-0.39, 0.29) is 0 Å². The van der Waals surface area contributed by atoms with Gasteiger partial charge in [0, 0.05) is 33.4 Å². The monoisotopic (exact) mass is 706 g/mol. The Hall–Kier alpha value is -7.64. The third-order valence-corrected chi connectivity index (χ3v) is 9.59. The second kappa shape index (κ2) is 13.7. The van der Waals surface area contributed by atoms with Gasteiger partial charge in [0.05, 0.1) is 22.4 Å². The van der Waals surface area contributed by atoms with Gasteiger partial charge < -0.3 is 4.42 Å². The minimum absolute atomic E-state index is 0.597. The van der Waals surface area contributed by atoms with Crippen LogP contribution in [0.2, 0.25) is 0 Å². The third-order valence-electron chi connectivity index (χ3n) is 9.59. The normalized spacial score (nSPS) is 11.3. The van der Waals surface area contributed by atoms with Crippen LogP contribution in [0.25, 0.3) is 101 Å². The Morgan fingerprint density at radius 1 is 0.273 bits per heavy atom. The largest absolute Gasteiger partial charge is 0.436 e. The number of rotatable bonds is 7. The lowest BCUT2D eigenvalue weighted by molar-refractivity contribution is 0.620. The van der Waals surface area contributed by atoms with Gasteiger partial charge in [-0.25, -0.2) is 29.9 Å². The predicted molar refractivity (Wildman–Crippen MR) is 219 cm³/mol. The molecule has 0 unspecified atom stereocenters. The molecule has 10 aromatic rings. The number of oxazole rings is 1. The van der Waals surface area contributed by atoms with Crippen LogP contribution in [-0.4, -0.2) is 29.9 Å². The molecule has 0 aliphatic carbocycles. The Morgan fingerprint density at radius 3 is 1.18 bits per heavy atom. The van der Waals surface area contributed by atoms with E-state index in [2.05, 4.69) is 42.5 Å². The van der Waals surface area contributed by atoms with Gasteiger partial charge in [0.15, 0.2) is 23.1 Å². The van der Waals surface area contributed by atoms with Gasteiger partial charge in [-0.05, 0) is 47.5 Å². The van der Waals surface area contributed by atoms with Gasteiger partial charge >= 0.3 is 0 Å². The number of para-hydroxylation sites is 2. The van der Waals surface area contributed by atoms with Crippen LogP contribution >= 0.6 is 0 Å². The van der Waals surface area contributed by atoms with Crippen LogP contribution in [0.4, 0.5) is 0 Å². The standard InChI is InChI=1S/C48H30N6O/c1-4-12-34(13-5-1)45-52-46(35-14-6-2-7-15-35)54-47(53-45)36-26-24-33(25-27-36)44-43(49-39-18-10-11-19-40(39)50-44)32-22-20-31(21-23-32)38-28-29-41-42(30-38)55-48(51-41)37-16-8-3-9-17-37/h1-30H. The molecule has 7 heteroatoms. The van der Waals surface area contributed by atoms with E-state index in [0.717, 1.165) is 78.0 Å². The van der Waals surface area contributed by atoms with Crippen molar-refractivity contribution in [3.05, 3.63) is 182 Å². The molecule has 0 radical (unpaired) electrons. The second-order valence-corrected chi connectivity index (χ2v) is 13.2. The molecule has 7 nitrogen and oxygen atoms in total. The molecule has 0 aliphatic rings. The first-order chi connectivity index (χ1) is 27.2. The van der Waals surface area contributed by atoms with Crippen molar-refractivity contribution in [3.63, 3.8) is 0 Å². The van der Waals surface area contributed by atoms with E-state index in [4.69, 9.17) is 34.3 Å². The fourth-order valence-corrected chi connectivity index (χ4v) is 6.75. The van der Waals surface area contributed by atoms with Crippen molar-refractivity contribution in [2.24, 2.45) is 0 Å². The molecule has 55 heavy (non-hydrogen) atoms. The topological polar surface area (TPSA) is 90.5 Å². The fourth-order valence-electron chi connectivity index (χ4n) is 6.75. The molecule has 7 aromatic carbocycles. The SMILES string of the molecule is c1ccc(-c2nc(-c3ccccc3)nc(-c3ccc(-c4nc5ccccc5nc4-c4ccc(-c5ccc6nc(-c7ccccc7)oc6c5)cc4)cc3)n2)cc1. The molecule has 3 heterocycles. The number of aromatic nitrogens is 6. The highest BCUT2D eigenvalue weighted by Gasteiger charge is 2.17. The molecular formula is C48H30N6O. The first-order valence-electron chi connectivity index (χ1n) is 18.0. The van der Waals surface area contributed by atoms with Crippen molar-refractivity contribution < 1.29 is 4.42 Å². The maximum Gasteiger partial charge on any atom is 0.227 e. The summed E-state index contributed by atoms with van der Waals surface area (Å²) in [5.74, 6) is 2.45. The smallest absolute Gasteiger partial charge is 0.227 e. The molecule has 0 amide bonds. The maximum absolute atomic E-state index is 6.16. The van der Waals surface area contributed by atoms with Gasteiger partial charge in [0.2, 0.25) is 5.89 Å². The summed E-state index contributed by atoms with van der Waals surface area (Å²) in [4.78, 5) is 29.7. The molecular weight excluding hydrogens is 677 g/mol. The molecule has 0 N–H and O–H groups in total. The first kappa shape index (κ1) is 32.0. The van der Waals surface area contributed by atoms with Crippen LogP contribution in [0.3, 0.4) is 0 Å². The zero-order valence-corrected chi connectivity index (χ0v) is 29.4. The molecule has 0 spiro atoms. The van der Waals surface area contributed by atoms with E-state index in [0.29, 0.717) is 23.4 Å². The van der Waals surface area contributed by atoms with Crippen LogP contribution in [0.15, 0.2) is 186 Å². The molecule has 258 valence electrons. The Morgan fingerprint density at radius 2 is 0.673 bits per heavy atom. The quantitative estimate of drug-likeness (QED) is 0.163. The molecule has 0 saturated heterocycles. The number of benzene rings is 7. The van der Waals surface area contributed by atoms with Gasteiger partial charge in [-0.2, -0.15) is 0 Å². The number of hydrogen-bond donors (Lipinski definition) is 0. The van der Waals surface area contributed by atoms with E-state index >= 15 is 0 Å². The number of nitrogens with zero attached hydrogens (tertiary/aromatic N) is 6. The summed E-state index contributed by atoms with van der Waals surface area (Å²) in [6.07, 6.45) is 0. The van der Waals surface area contributed by atoms with Crippen LogP contribution in [-0.2, 0) is 0 Å². The Bertz CT molecular complexity index is 2890. The summed E-state index contributed by atoms with van der Waals surface area (Å²) in [6.45, 7) is 0.